The Hall–Kier alpha value is -1.37. The zero-order valence-electron chi connectivity index (χ0n) is 7.28. The van der Waals surface area contributed by atoms with E-state index in [-0.39, 0.29) is 5.88 Å². The van der Waals surface area contributed by atoms with Crippen molar-refractivity contribution >= 4 is 21.6 Å². The molecule has 0 bridgehead atoms. The van der Waals surface area contributed by atoms with Gasteiger partial charge in [-0.3, -0.25) is 0 Å². The van der Waals surface area contributed by atoms with Gasteiger partial charge in [0.15, 0.2) is 6.61 Å². The van der Waals surface area contributed by atoms with Crippen molar-refractivity contribution in [2.24, 2.45) is 0 Å². The molecule has 0 saturated carbocycles. The molecular formula is C8H5F3N2OS. The highest BCUT2D eigenvalue weighted by atomic mass is 32.1. The number of halogens is 3. The van der Waals surface area contributed by atoms with Crippen LogP contribution in [0.2, 0.25) is 0 Å². The van der Waals surface area contributed by atoms with Crippen LogP contribution in [0.4, 0.5) is 13.2 Å². The summed E-state index contributed by atoms with van der Waals surface area (Å²) in [7, 11) is 0. The molecule has 0 N–H and O–H groups in total. The number of fused-ring (bicyclic) bond motifs is 1. The first kappa shape index (κ1) is 10.2. The van der Waals surface area contributed by atoms with Crippen LogP contribution in [-0.4, -0.2) is 22.8 Å². The maximum Gasteiger partial charge on any atom is 0.422 e. The van der Waals surface area contributed by atoms with Crippen molar-refractivity contribution < 1.29 is 17.9 Å². The SMILES string of the molecule is FC(F)(F)COc1ncnc2ccsc12. The molecule has 0 saturated heterocycles. The number of nitrogens with zero attached hydrogens (tertiary/aromatic N) is 2. The largest absolute Gasteiger partial charge is 0.467 e. The number of alkyl halides is 3. The summed E-state index contributed by atoms with van der Waals surface area (Å²) in [5.74, 6) is -0.0210. The van der Waals surface area contributed by atoms with Gasteiger partial charge in [-0.1, -0.05) is 0 Å². The Morgan fingerprint density at radius 3 is 2.87 bits per heavy atom. The minimum absolute atomic E-state index is 0.0210. The lowest BCUT2D eigenvalue weighted by molar-refractivity contribution is -0.153. The molecule has 80 valence electrons. The molecule has 15 heavy (non-hydrogen) atoms. The predicted molar refractivity (Wildman–Crippen MR) is 49.0 cm³/mol. The predicted octanol–water partition coefficient (Wildman–Crippen LogP) is 2.63. The smallest absolute Gasteiger partial charge is 0.422 e. The highest BCUT2D eigenvalue weighted by molar-refractivity contribution is 7.17. The van der Waals surface area contributed by atoms with Crippen molar-refractivity contribution in [1.82, 2.24) is 9.97 Å². The van der Waals surface area contributed by atoms with Crippen LogP contribution in [0.3, 0.4) is 0 Å². The number of hydrogen-bond donors (Lipinski definition) is 0. The van der Waals surface area contributed by atoms with Crippen molar-refractivity contribution in [3.63, 3.8) is 0 Å². The molecule has 0 unspecified atom stereocenters. The van der Waals surface area contributed by atoms with Gasteiger partial charge in [0.25, 0.3) is 0 Å². The van der Waals surface area contributed by atoms with E-state index in [9.17, 15) is 13.2 Å². The molecule has 0 fully saturated rings. The number of rotatable bonds is 2. The zero-order chi connectivity index (χ0) is 10.9. The minimum Gasteiger partial charge on any atom is -0.467 e. The maximum absolute atomic E-state index is 11.9. The average Bonchev–Trinajstić information content (AvgIpc) is 2.61. The third-order valence-electron chi connectivity index (χ3n) is 1.58. The van der Waals surface area contributed by atoms with Gasteiger partial charge in [0.2, 0.25) is 5.88 Å². The summed E-state index contributed by atoms with van der Waals surface area (Å²) in [6, 6.07) is 1.70. The summed E-state index contributed by atoms with van der Waals surface area (Å²) in [6.07, 6.45) is -3.17. The highest BCUT2D eigenvalue weighted by Crippen LogP contribution is 2.27. The van der Waals surface area contributed by atoms with Crippen LogP contribution >= 0.6 is 11.3 Å². The molecule has 2 aromatic heterocycles. The lowest BCUT2D eigenvalue weighted by Gasteiger charge is -2.07. The van der Waals surface area contributed by atoms with Gasteiger partial charge in [-0.05, 0) is 11.4 Å². The van der Waals surface area contributed by atoms with Gasteiger partial charge >= 0.3 is 6.18 Å². The number of ether oxygens (including phenoxy) is 1. The molecule has 7 heteroatoms. The lowest BCUT2D eigenvalue weighted by Crippen LogP contribution is -2.19. The first-order chi connectivity index (χ1) is 7.06. The van der Waals surface area contributed by atoms with Gasteiger partial charge in [0.05, 0.1) is 5.52 Å². The summed E-state index contributed by atoms with van der Waals surface area (Å²) >= 11 is 1.25. The standard InChI is InChI=1S/C8H5F3N2OS/c9-8(10,11)3-14-7-6-5(1-2-15-6)12-4-13-7/h1-2,4H,3H2. The highest BCUT2D eigenvalue weighted by Gasteiger charge is 2.29. The topological polar surface area (TPSA) is 35.0 Å². The van der Waals surface area contributed by atoms with E-state index in [1.54, 1.807) is 11.4 Å². The van der Waals surface area contributed by atoms with E-state index in [0.717, 1.165) is 0 Å². The van der Waals surface area contributed by atoms with Gasteiger partial charge < -0.3 is 4.74 Å². The summed E-state index contributed by atoms with van der Waals surface area (Å²) in [4.78, 5) is 7.54. The molecule has 2 heterocycles. The zero-order valence-corrected chi connectivity index (χ0v) is 8.10. The molecule has 2 rings (SSSR count). The van der Waals surface area contributed by atoms with Crippen LogP contribution < -0.4 is 4.74 Å². The van der Waals surface area contributed by atoms with Gasteiger partial charge in [-0.15, -0.1) is 11.3 Å². The normalized spacial score (nSPS) is 11.9. The Labute approximate surface area is 86.5 Å². The summed E-state index contributed by atoms with van der Waals surface area (Å²) in [5, 5.41) is 1.72. The van der Waals surface area contributed by atoms with Crippen molar-refractivity contribution in [3.05, 3.63) is 17.8 Å². The monoisotopic (exact) mass is 234 g/mol. The molecule has 0 atom stereocenters. The van der Waals surface area contributed by atoms with Gasteiger partial charge in [-0.2, -0.15) is 13.2 Å². The van der Waals surface area contributed by atoms with Crippen molar-refractivity contribution in [3.8, 4) is 5.88 Å². The van der Waals surface area contributed by atoms with E-state index < -0.39 is 12.8 Å². The average molecular weight is 234 g/mol. The molecule has 0 radical (unpaired) electrons. The Kier molecular flexibility index (Phi) is 2.47. The second-order valence-corrected chi connectivity index (χ2v) is 3.63. The van der Waals surface area contributed by atoms with E-state index in [2.05, 4.69) is 14.7 Å². The molecule has 3 nitrogen and oxygen atoms in total. The minimum atomic E-state index is -4.35. The van der Waals surface area contributed by atoms with E-state index in [0.29, 0.717) is 10.2 Å². The molecule has 0 aliphatic carbocycles. The maximum atomic E-state index is 11.9. The summed E-state index contributed by atoms with van der Waals surface area (Å²) < 4.78 is 40.8. The summed E-state index contributed by atoms with van der Waals surface area (Å²) in [6.45, 7) is -1.34. The summed E-state index contributed by atoms with van der Waals surface area (Å²) in [5.41, 5.74) is 0.590. The van der Waals surface area contributed by atoms with Gasteiger partial charge in [0.1, 0.15) is 11.0 Å². The van der Waals surface area contributed by atoms with Gasteiger partial charge in [-0.25, -0.2) is 9.97 Å². The first-order valence-corrected chi connectivity index (χ1v) is 4.82. The van der Waals surface area contributed by atoms with Crippen LogP contribution in [0.15, 0.2) is 17.8 Å². The van der Waals surface area contributed by atoms with E-state index in [4.69, 9.17) is 0 Å². The fourth-order valence-electron chi connectivity index (χ4n) is 1.02. The van der Waals surface area contributed by atoms with E-state index >= 15 is 0 Å². The molecule has 0 aliphatic heterocycles. The van der Waals surface area contributed by atoms with E-state index in [1.807, 2.05) is 0 Å². The number of hydrogen-bond acceptors (Lipinski definition) is 4. The van der Waals surface area contributed by atoms with Crippen molar-refractivity contribution in [2.75, 3.05) is 6.61 Å². The third kappa shape index (κ3) is 2.35. The van der Waals surface area contributed by atoms with Crippen molar-refractivity contribution in [2.45, 2.75) is 6.18 Å². The van der Waals surface area contributed by atoms with Crippen LogP contribution in [0.1, 0.15) is 0 Å². The van der Waals surface area contributed by atoms with Gasteiger partial charge in [0, 0.05) is 0 Å². The Bertz CT molecular complexity index is 468. The lowest BCUT2D eigenvalue weighted by atomic mass is 10.5. The Balaban J connectivity index is 2.24. The van der Waals surface area contributed by atoms with Crippen LogP contribution in [0.5, 0.6) is 5.88 Å². The fraction of sp³-hybridized carbons (Fsp3) is 0.250. The molecular weight excluding hydrogens is 229 g/mol. The molecule has 0 amide bonds. The third-order valence-corrected chi connectivity index (χ3v) is 2.47. The quantitative estimate of drug-likeness (QED) is 0.801. The fourth-order valence-corrected chi connectivity index (χ4v) is 1.81. The van der Waals surface area contributed by atoms with Crippen molar-refractivity contribution in [1.29, 1.82) is 0 Å². The second kappa shape index (κ2) is 3.65. The number of aromatic nitrogens is 2. The molecule has 2 aromatic rings. The number of thiophene rings is 1. The van der Waals surface area contributed by atoms with E-state index in [1.165, 1.54) is 17.7 Å². The first-order valence-electron chi connectivity index (χ1n) is 3.94. The van der Waals surface area contributed by atoms with Crippen LogP contribution in [0, 0.1) is 0 Å². The molecule has 0 aromatic carbocycles. The Morgan fingerprint density at radius 2 is 2.13 bits per heavy atom. The second-order valence-electron chi connectivity index (χ2n) is 2.72. The molecule has 0 aliphatic rings. The van der Waals surface area contributed by atoms with Crippen LogP contribution in [0.25, 0.3) is 10.2 Å². The molecule has 0 spiro atoms. The Morgan fingerprint density at radius 1 is 1.33 bits per heavy atom. The van der Waals surface area contributed by atoms with Crippen LogP contribution in [-0.2, 0) is 0 Å².